The molecule has 2 N–H and O–H groups in total. The number of nitrogens with zero attached hydrogens (tertiary/aromatic N) is 2. The van der Waals surface area contributed by atoms with Crippen molar-refractivity contribution in [1.29, 1.82) is 0 Å². The van der Waals surface area contributed by atoms with E-state index in [4.69, 9.17) is 11.6 Å². The summed E-state index contributed by atoms with van der Waals surface area (Å²) < 4.78 is 0. The number of amides is 1. The third-order valence-electron chi connectivity index (χ3n) is 4.40. The second-order valence-corrected chi connectivity index (χ2v) is 6.83. The fourth-order valence-electron chi connectivity index (χ4n) is 2.90. The van der Waals surface area contributed by atoms with Crippen molar-refractivity contribution in [2.24, 2.45) is 0 Å². The number of halogens is 1. The van der Waals surface area contributed by atoms with Crippen LogP contribution in [0.5, 0.6) is 0 Å². The number of nitrogens with one attached hydrogen (secondary N) is 2. The highest BCUT2D eigenvalue weighted by atomic mass is 35.5. The van der Waals surface area contributed by atoms with Gasteiger partial charge in [-0.1, -0.05) is 35.4 Å². The van der Waals surface area contributed by atoms with Crippen molar-refractivity contribution in [1.82, 2.24) is 15.5 Å². The highest BCUT2D eigenvalue weighted by Crippen LogP contribution is 2.19. The van der Waals surface area contributed by atoms with Crippen LogP contribution in [0, 0.1) is 0 Å². The third kappa shape index (κ3) is 5.56. The molecule has 0 radical (unpaired) electrons. The highest BCUT2D eigenvalue weighted by Gasteiger charge is 2.09. The number of hydrogen-bond acceptors (Lipinski definition) is 4. The molecule has 6 heteroatoms. The van der Waals surface area contributed by atoms with Crippen LogP contribution in [0.1, 0.15) is 48.2 Å². The quantitative estimate of drug-likeness (QED) is 0.710. The summed E-state index contributed by atoms with van der Waals surface area (Å²) in [6.07, 6.45) is 8.08. The molecular formula is C20H23ClN4O. The van der Waals surface area contributed by atoms with Crippen molar-refractivity contribution in [3.05, 3.63) is 64.3 Å². The summed E-state index contributed by atoms with van der Waals surface area (Å²) in [5, 5.41) is 14.9. The maximum absolute atomic E-state index is 12.1. The van der Waals surface area contributed by atoms with E-state index in [0.717, 1.165) is 18.4 Å². The third-order valence-corrected chi connectivity index (χ3v) is 4.65. The number of carbonyl (C=O) groups excluding carboxylic acids is 1. The molecule has 0 aliphatic heterocycles. The van der Waals surface area contributed by atoms with E-state index in [9.17, 15) is 4.79 Å². The molecule has 1 aliphatic rings. The SMILES string of the molecule is O=C(NCCC1=CCCCC1)c1ccc(NCc2ccc(Cl)cc2)nn1. The standard InChI is InChI=1S/C20H23ClN4O/c21-17-8-6-16(7-9-17)14-23-19-11-10-18(24-25-19)20(26)22-13-12-15-4-2-1-3-5-15/h4,6-11H,1-3,5,12-14H2,(H,22,26)(H,23,25). The van der Waals surface area contributed by atoms with Crippen LogP contribution in [0.4, 0.5) is 5.82 Å². The minimum Gasteiger partial charge on any atom is -0.365 e. The Kier molecular flexibility index (Phi) is 6.61. The number of aromatic nitrogens is 2. The molecule has 1 aliphatic carbocycles. The molecule has 0 fully saturated rings. The first-order chi connectivity index (χ1) is 12.7. The maximum Gasteiger partial charge on any atom is 0.271 e. The molecule has 1 heterocycles. The lowest BCUT2D eigenvalue weighted by atomic mass is 9.97. The average molecular weight is 371 g/mol. The van der Waals surface area contributed by atoms with E-state index < -0.39 is 0 Å². The Morgan fingerprint density at radius 3 is 2.62 bits per heavy atom. The van der Waals surface area contributed by atoms with Crippen LogP contribution >= 0.6 is 11.6 Å². The minimum atomic E-state index is -0.182. The van der Waals surface area contributed by atoms with E-state index in [1.54, 1.807) is 12.1 Å². The molecule has 26 heavy (non-hydrogen) atoms. The predicted molar refractivity (Wildman–Crippen MR) is 104 cm³/mol. The van der Waals surface area contributed by atoms with Crippen molar-refractivity contribution in [3.8, 4) is 0 Å². The molecule has 1 aromatic heterocycles. The second-order valence-electron chi connectivity index (χ2n) is 6.40. The lowest BCUT2D eigenvalue weighted by Crippen LogP contribution is -2.26. The molecule has 0 saturated carbocycles. The van der Waals surface area contributed by atoms with Gasteiger partial charge >= 0.3 is 0 Å². The topological polar surface area (TPSA) is 66.9 Å². The van der Waals surface area contributed by atoms with Crippen molar-refractivity contribution in [2.45, 2.75) is 38.6 Å². The van der Waals surface area contributed by atoms with Gasteiger partial charge in [0.15, 0.2) is 5.69 Å². The van der Waals surface area contributed by atoms with Gasteiger partial charge in [0.1, 0.15) is 5.82 Å². The Labute approximate surface area is 158 Å². The summed E-state index contributed by atoms with van der Waals surface area (Å²) >= 11 is 5.87. The second kappa shape index (κ2) is 9.34. The van der Waals surface area contributed by atoms with Gasteiger partial charge in [0, 0.05) is 18.1 Å². The molecule has 0 bridgehead atoms. The van der Waals surface area contributed by atoms with Crippen molar-refractivity contribution in [3.63, 3.8) is 0 Å². The van der Waals surface area contributed by atoms with Gasteiger partial charge in [-0.15, -0.1) is 10.2 Å². The summed E-state index contributed by atoms with van der Waals surface area (Å²) in [7, 11) is 0. The predicted octanol–water partition coefficient (Wildman–Crippen LogP) is 4.36. The molecule has 0 spiro atoms. The summed E-state index contributed by atoms with van der Waals surface area (Å²) in [6.45, 7) is 1.26. The van der Waals surface area contributed by atoms with Gasteiger partial charge in [0.2, 0.25) is 0 Å². The first kappa shape index (κ1) is 18.4. The van der Waals surface area contributed by atoms with Crippen LogP contribution < -0.4 is 10.6 Å². The zero-order valence-corrected chi connectivity index (χ0v) is 15.4. The number of rotatable bonds is 7. The normalized spacial score (nSPS) is 13.8. The van der Waals surface area contributed by atoms with E-state index in [2.05, 4.69) is 26.9 Å². The van der Waals surface area contributed by atoms with Crippen molar-refractivity contribution in [2.75, 3.05) is 11.9 Å². The van der Waals surface area contributed by atoms with Crippen LogP contribution in [-0.2, 0) is 6.54 Å². The lowest BCUT2D eigenvalue weighted by Gasteiger charge is -2.12. The van der Waals surface area contributed by atoms with Crippen molar-refractivity contribution < 1.29 is 4.79 Å². The van der Waals surface area contributed by atoms with Crippen LogP contribution in [-0.4, -0.2) is 22.6 Å². The Balaban J connectivity index is 1.44. The van der Waals surface area contributed by atoms with Gasteiger partial charge in [0.05, 0.1) is 0 Å². The zero-order chi connectivity index (χ0) is 18.2. The van der Waals surface area contributed by atoms with Gasteiger partial charge in [-0.25, -0.2) is 0 Å². The molecular weight excluding hydrogens is 348 g/mol. The molecule has 0 unspecified atom stereocenters. The van der Waals surface area contributed by atoms with Crippen LogP contribution in [0.15, 0.2) is 48.0 Å². The molecule has 1 amide bonds. The molecule has 136 valence electrons. The molecule has 0 atom stereocenters. The molecule has 3 rings (SSSR count). The number of benzene rings is 1. The molecule has 2 aromatic rings. The molecule has 0 saturated heterocycles. The number of allylic oxidation sites excluding steroid dienone is 1. The Morgan fingerprint density at radius 2 is 1.92 bits per heavy atom. The fraction of sp³-hybridized carbons (Fsp3) is 0.350. The summed E-state index contributed by atoms with van der Waals surface area (Å²) in [6, 6.07) is 11.1. The summed E-state index contributed by atoms with van der Waals surface area (Å²) in [5.74, 6) is 0.446. The van der Waals surface area contributed by atoms with Crippen LogP contribution in [0.2, 0.25) is 5.02 Å². The Hall–Kier alpha value is -2.40. The summed E-state index contributed by atoms with van der Waals surface area (Å²) in [4.78, 5) is 12.1. The largest absolute Gasteiger partial charge is 0.365 e. The first-order valence-electron chi connectivity index (χ1n) is 8.99. The van der Waals surface area contributed by atoms with Gasteiger partial charge < -0.3 is 10.6 Å². The van der Waals surface area contributed by atoms with Gasteiger partial charge in [-0.05, 0) is 61.9 Å². The van der Waals surface area contributed by atoms with E-state index in [0.29, 0.717) is 29.6 Å². The number of anilines is 1. The van der Waals surface area contributed by atoms with Gasteiger partial charge in [-0.2, -0.15) is 0 Å². The molecule has 1 aromatic carbocycles. The summed E-state index contributed by atoms with van der Waals surface area (Å²) in [5.41, 5.74) is 2.87. The lowest BCUT2D eigenvalue weighted by molar-refractivity contribution is 0.0948. The van der Waals surface area contributed by atoms with E-state index in [1.807, 2.05) is 24.3 Å². The minimum absolute atomic E-state index is 0.182. The maximum atomic E-state index is 12.1. The monoisotopic (exact) mass is 370 g/mol. The average Bonchev–Trinajstić information content (AvgIpc) is 2.69. The van der Waals surface area contributed by atoms with Gasteiger partial charge in [-0.3, -0.25) is 4.79 Å². The first-order valence-corrected chi connectivity index (χ1v) is 9.37. The number of carbonyl (C=O) groups is 1. The highest BCUT2D eigenvalue weighted by molar-refractivity contribution is 6.30. The van der Waals surface area contributed by atoms with Crippen LogP contribution in [0.3, 0.4) is 0 Å². The molecule has 5 nitrogen and oxygen atoms in total. The Morgan fingerprint density at radius 1 is 1.08 bits per heavy atom. The number of hydrogen-bond donors (Lipinski definition) is 2. The Bertz CT molecular complexity index is 756. The van der Waals surface area contributed by atoms with Gasteiger partial charge in [0.25, 0.3) is 5.91 Å². The van der Waals surface area contributed by atoms with Crippen LogP contribution in [0.25, 0.3) is 0 Å². The zero-order valence-electron chi connectivity index (χ0n) is 14.7. The van der Waals surface area contributed by atoms with Crippen molar-refractivity contribution >= 4 is 23.3 Å². The fourth-order valence-corrected chi connectivity index (χ4v) is 3.03. The van der Waals surface area contributed by atoms with E-state index in [1.165, 1.54) is 24.8 Å². The van der Waals surface area contributed by atoms with E-state index >= 15 is 0 Å². The van der Waals surface area contributed by atoms with E-state index in [-0.39, 0.29) is 5.91 Å². The smallest absolute Gasteiger partial charge is 0.271 e.